The number of aromatic amines is 1. The predicted molar refractivity (Wildman–Crippen MR) is 105 cm³/mol. The highest BCUT2D eigenvalue weighted by Crippen LogP contribution is 2.18. The number of nitrogens with zero attached hydrogens (tertiary/aromatic N) is 1. The molecule has 1 heterocycles. The van der Waals surface area contributed by atoms with E-state index in [9.17, 15) is 14.4 Å². The van der Waals surface area contributed by atoms with Gasteiger partial charge in [-0.25, -0.2) is 4.79 Å². The van der Waals surface area contributed by atoms with Gasteiger partial charge in [0, 0.05) is 24.1 Å². The van der Waals surface area contributed by atoms with E-state index in [1.165, 1.54) is 7.11 Å². The van der Waals surface area contributed by atoms with Crippen LogP contribution in [0.5, 0.6) is 0 Å². The van der Waals surface area contributed by atoms with Crippen LogP contribution in [0.3, 0.4) is 0 Å². The average molecular weight is 387 g/mol. The highest BCUT2D eigenvalue weighted by Gasteiger charge is 2.12. The number of nitrogens with one attached hydrogen (secondary N) is 1. The van der Waals surface area contributed by atoms with Gasteiger partial charge >= 0.3 is 5.69 Å². The summed E-state index contributed by atoms with van der Waals surface area (Å²) in [5, 5.41) is 0.984. The van der Waals surface area contributed by atoms with Gasteiger partial charge in [-0.3, -0.25) is 14.2 Å². The number of ether oxygens (including phenoxy) is 1. The van der Waals surface area contributed by atoms with E-state index in [-0.39, 0.29) is 25.4 Å². The first kappa shape index (κ1) is 19.1. The Balaban J connectivity index is 1.86. The van der Waals surface area contributed by atoms with E-state index in [0.717, 1.165) is 10.1 Å². The van der Waals surface area contributed by atoms with E-state index >= 15 is 0 Å². The van der Waals surface area contributed by atoms with Crippen LogP contribution in [0.4, 0.5) is 0 Å². The Morgan fingerprint density at radius 2 is 1.96 bits per heavy atom. The number of carbonyl (C=O) groups excluding carboxylic acids is 1. The molecule has 0 atom stereocenters. The number of hydrogen-bond donors (Lipinski definition) is 1. The molecule has 0 saturated carbocycles. The van der Waals surface area contributed by atoms with Crippen LogP contribution in [0, 0.1) is 0 Å². The summed E-state index contributed by atoms with van der Waals surface area (Å²) in [6, 6.07) is 12.1. The molecule has 6 nitrogen and oxygen atoms in total. The molecule has 0 radical (unpaired) electrons. The third-order valence-corrected chi connectivity index (χ3v) is 4.77. The number of H-pyrrole nitrogens is 1. The summed E-state index contributed by atoms with van der Waals surface area (Å²) in [7, 11) is 1.50. The van der Waals surface area contributed by atoms with Crippen LogP contribution in [0.1, 0.15) is 22.3 Å². The van der Waals surface area contributed by atoms with Gasteiger partial charge in [0.05, 0.1) is 24.1 Å². The second-order valence-corrected chi connectivity index (χ2v) is 6.56. The molecular weight excluding hydrogens is 368 g/mol. The lowest BCUT2D eigenvalue weighted by Crippen LogP contribution is -2.36. The first-order valence-electron chi connectivity index (χ1n) is 8.53. The molecule has 0 aliphatic carbocycles. The number of hydrogen-bond acceptors (Lipinski definition) is 4. The average Bonchev–Trinajstić information content (AvgIpc) is 2.66. The fraction of sp³-hybridized carbons (Fsp3) is 0.250. The summed E-state index contributed by atoms with van der Waals surface area (Å²) in [4.78, 5) is 39.8. The number of aryl methyl sites for hydroxylation is 1. The Kier molecular flexibility index (Phi) is 5.88. The van der Waals surface area contributed by atoms with Gasteiger partial charge in [-0.05, 0) is 30.2 Å². The van der Waals surface area contributed by atoms with E-state index in [0.29, 0.717) is 27.9 Å². The van der Waals surface area contributed by atoms with Crippen LogP contribution in [0.25, 0.3) is 10.9 Å². The summed E-state index contributed by atoms with van der Waals surface area (Å²) in [6.07, 6.45) is 0.802. The lowest BCUT2D eigenvalue weighted by atomic mass is 10.0. The molecule has 0 unspecified atom stereocenters. The summed E-state index contributed by atoms with van der Waals surface area (Å²) in [5.74, 6) is -0.0822. The Labute approximate surface area is 160 Å². The van der Waals surface area contributed by atoms with Crippen molar-refractivity contribution in [1.29, 1.82) is 0 Å². The minimum atomic E-state index is -0.523. The first-order chi connectivity index (χ1) is 13.0. The normalized spacial score (nSPS) is 11.0. The van der Waals surface area contributed by atoms with Crippen LogP contribution in [-0.4, -0.2) is 29.1 Å². The molecule has 1 aromatic heterocycles. The van der Waals surface area contributed by atoms with Crippen molar-refractivity contribution in [2.75, 3.05) is 13.7 Å². The van der Waals surface area contributed by atoms with Crippen molar-refractivity contribution in [3.8, 4) is 0 Å². The maximum atomic E-state index is 12.5. The molecule has 3 aromatic rings. The monoisotopic (exact) mass is 386 g/mol. The zero-order valence-corrected chi connectivity index (χ0v) is 15.6. The Morgan fingerprint density at radius 1 is 1.19 bits per heavy atom. The molecule has 27 heavy (non-hydrogen) atoms. The Morgan fingerprint density at radius 3 is 2.70 bits per heavy atom. The molecule has 0 amide bonds. The first-order valence-corrected chi connectivity index (χ1v) is 8.91. The molecule has 3 rings (SSSR count). The minimum absolute atomic E-state index is 0.0822. The summed E-state index contributed by atoms with van der Waals surface area (Å²) in [5.41, 5.74) is 0.773. The topological polar surface area (TPSA) is 81.2 Å². The number of aromatic nitrogens is 2. The van der Waals surface area contributed by atoms with Gasteiger partial charge in [0.2, 0.25) is 0 Å². The number of carbonyl (C=O) groups is 1. The molecule has 0 spiro atoms. The second-order valence-electron chi connectivity index (χ2n) is 6.15. The highest BCUT2D eigenvalue weighted by molar-refractivity contribution is 6.31. The molecule has 0 aliphatic rings. The number of rotatable bonds is 7. The summed E-state index contributed by atoms with van der Waals surface area (Å²) in [6.45, 7) is 0.423. The van der Waals surface area contributed by atoms with E-state index in [2.05, 4.69) is 4.98 Å². The van der Waals surface area contributed by atoms with E-state index in [1.54, 1.807) is 24.3 Å². The lowest BCUT2D eigenvalue weighted by Gasteiger charge is -2.07. The van der Waals surface area contributed by atoms with Crippen LogP contribution >= 0.6 is 11.6 Å². The van der Waals surface area contributed by atoms with Crippen LogP contribution in [-0.2, 0) is 17.7 Å². The van der Waals surface area contributed by atoms with Crippen molar-refractivity contribution in [2.24, 2.45) is 0 Å². The molecular formula is C20H19ClN2O4. The van der Waals surface area contributed by atoms with Crippen molar-refractivity contribution in [1.82, 2.24) is 9.55 Å². The maximum Gasteiger partial charge on any atom is 0.328 e. The van der Waals surface area contributed by atoms with Crippen molar-refractivity contribution < 1.29 is 9.53 Å². The zero-order chi connectivity index (χ0) is 19.4. The van der Waals surface area contributed by atoms with Crippen molar-refractivity contribution in [2.45, 2.75) is 19.4 Å². The van der Waals surface area contributed by atoms with Crippen LogP contribution < -0.4 is 11.2 Å². The van der Waals surface area contributed by atoms with Crippen LogP contribution in [0.15, 0.2) is 52.1 Å². The number of fused-ring (bicyclic) bond motifs is 1. The quantitative estimate of drug-likeness (QED) is 0.633. The standard InChI is InChI=1S/C20H19ClN2O4/c1-27-11-10-23-19(25)15-8-6-14(12-17(15)22-20(23)26)18(24)9-7-13-4-2-3-5-16(13)21/h2-6,8,12H,7,9-11H2,1H3,(H,22,26). The minimum Gasteiger partial charge on any atom is -0.383 e. The van der Waals surface area contributed by atoms with Gasteiger partial charge in [0.1, 0.15) is 0 Å². The highest BCUT2D eigenvalue weighted by atomic mass is 35.5. The molecule has 2 aromatic carbocycles. The summed E-state index contributed by atoms with van der Waals surface area (Å²) < 4.78 is 6.01. The molecule has 0 fully saturated rings. The van der Waals surface area contributed by atoms with Gasteiger partial charge in [-0.1, -0.05) is 35.9 Å². The van der Waals surface area contributed by atoms with E-state index in [1.807, 2.05) is 18.2 Å². The predicted octanol–water partition coefficient (Wildman–Crippen LogP) is 2.81. The molecule has 140 valence electrons. The van der Waals surface area contributed by atoms with E-state index in [4.69, 9.17) is 16.3 Å². The van der Waals surface area contributed by atoms with Gasteiger partial charge < -0.3 is 9.72 Å². The van der Waals surface area contributed by atoms with E-state index < -0.39 is 11.2 Å². The maximum absolute atomic E-state index is 12.5. The third kappa shape index (κ3) is 4.18. The molecule has 0 bridgehead atoms. The fourth-order valence-corrected chi connectivity index (χ4v) is 3.14. The SMILES string of the molecule is COCCn1c(=O)[nH]c2cc(C(=O)CCc3ccccc3Cl)ccc2c1=O. The number of methoxy groups -OCH3 is 1. The summed E-state index contributed by atoms with van der Waals surface area (Å²) >= 11 is 6.12. The number of Topliss-reactive ketones (excluding diaryl/α,β-unsaturated/α-hetero) is 1. The van der Waals surface area contributed by atoms with Gasteiger partial charge in [-0.2, -0.15) is 0 Å². The van der Waals surface area contributed by atoms with Gasteiger partial charge in [0.25, 0.3) is 5.56 Å². The van der Waals surface area contributed by atoms with Gasteiger partial charge in [0.15, 0.2) is 5.78 Å². The Bertz CT molecular complexity index is 1100. The van der Waals surface area contributed by atoms with Crippen LogP contribution in [0.2, 0.25) is 5.02 Å². The molecule has 7 heteroatoms. The fourth-order valence-electron chi connectivity index (χ4n) is 2.91. The van der Waals surface area contributed by atoms with Gasteiger partial charge in [-0.15, -0.1) is 0 Å². The largest absolute Gasteiger partial charge is 0.383 e. The van der Waals surface area contributed by atoms with Crippen molar-refractivity contribution >= 4 is 28.3 Å². The van der Waals surface area contributed by atoms with Crippen molar-refractivity contribution in [3.05, 3.63) is 79.5 Å². The molecule has 0 saturated heterocycles. The number of ketones is 1. The second kappa shape index (κ2) is 8.33. The zero-order valence-electron chi connectivity index (χ0n) is 14.8. The molecule has 1 N–H and O–H groups in total. The van der Waals surface area contributed by atoms with Crippen molar-refractivity contribution in [3.63, 3.8) is 0 Å². The number of benzene rings is 2. The smallest absolute Gasteiger partial charge is 0.328 e. The molecule has 0 aliphatic heterocycles. The number of halogens is 1. The lowest BCUT2D eigenvalue weighted by molar-refractivity contribution is 0.0983. The third-order valence-electron chi connectivity index (χ3n) is 4.40. The Hall–Kier alpha value is -2.70.